The Bertz CT molecular complexity index is 1600. The monoisotopic (exact) mass is 660 g/mol. The maximum atomic E-state index is 14.2. The Hall–Kier alpha value is -3.67. The number of halogens is 2. The van der Waals surface area contributed by atoms with E-state index in [-0.39, 0.29) is 41.3 Å². The molecule has 234 valence electrons. The number of carbonyl (C=O) groups is 2. The van der Waals surface area contributed by atoms with E-state index in [0.717, 1.165) is 54.3 Å². The number of amides is 2. The number of benzene rings is 3. The van der Waals surface area contributed by atoms with E-state index in [2.05, 4.69) is 5.32 Å². The summed E-state index contributed by atoms with van der Waals surface area (Å²) in [6.45, 7) is -0.815. The normalized spacial score (nSPS) is 14.4. The van der Waals surface area contributed by atoms with Gasteiger partial charge in [-0.1, -0.05) is 84.9 Å². The van der Waals surface area contributed by atoms with Crippen LogP contribution in [0.1, 0.15) is 43.2 Å². The Morgan fingerprint density at radius 2 is 1.70 bits per heavy atom. The van der Waals surface area contributed by atoms with Gasteiger partial charge in [-0.05, 0) is 42.2 Å². The van der Waals surface area contributed by atoms with E-state index in [1.165, 1.54) is 29.2 Å². The van der Waals surface area contributed by atoms with Gasteiger partial charge in [0.15, 0.2) is 0 Å². The van der Waals surface area contributed by atoms with E-state index in [1.54, 1.807) is 12.1 Å². The predicted octanol–water partition coefficient (Wildman–Crippen LogP) is 5.76. The molecule has 0 spiro atoms. The third-order valence-corrected chi connectivity index (χ3v) is 9.31. The smallest absolute Gasteiger partial charge is 0.271 e. The minimum atomic E-state index is -4.08. The van der Waals surface area contributed by atoms with E-state index < -0.39 is 33.4 Å². The van der Waals surface area contributed by atoms with Crippen molar-refractivity contribution in [1.82, 2.24) is 10.2 Å². The van der Waals surface area contributed by atoms with Crippen molar-refractivity contribution < 1.29 is 22.9 Å². The topological polar surface area (TPSA) is 130 Å². The summed E-state index contributed by atoms with van der Waals surface area (Å²) in [4.78, 5) is 40.3. The molecule has 1 aliphatic rings. The summed E-state index contributed by atoms with van der Waals surface area (Å²) >= 11 is 12.6. The molecule has 0 aliphatic heterocycles. The quantitative estimate of drug-likeness (QED) is 0.194. The number of non-ortho nitro benzene ring substituents is 1. The molecule has 1 fully saturated rings. The average molecular weight is 662 g/mol. The van der Waals surface area contributed by atoms with E-state index in [4.69, 9.17) is 23.2 Å². The number of carbonyl (C=O) groups excluding carboxylic acids is 2. The van der Waals surface area contributed by atoms with Crippen LogP contribution in [0.4, 0.5) is 11.4 Å². The van der Waals surface area contributed by atoms with Gasteiger partial charge in [0.2, 0.25) is 21.8 Å². The Morgan fingerprint density at radius 3 is 2.34 bits per heavy atom. The molecule has 1 aliphatic carbocycles. The van der Waals surface area contributed by atoms with Crippen LogP contribution in [0.15, 0.2) is 72.8 Å². The van der Waals surface area contributed by atoms with Crippen LogP contribution in [0.25, 0.3) is 0 Å². The number of hydrogen-bond acceptors (Lipinski definition) is 6. The van der Waals surface area contributed by atoms with E-state index in [1.807, 2.05) is 30.3 Å². The first-order chi connectivity index (χ1) is 20.9. The maximum absolute atomic E-state index is 14.2. The average Bonchev–Trinajstić information content (AvgIpc) is 2.99. The van der Waals surface area contributed by atoms with Crippen LogP contribution in [-0.4, -0.2) is 54.9 Å². The second-order valence-electron chi connectivity index (χ2n) is 10.9. The fourth-order valence-electron chi connectivity index (χ4n) is 5.31. The highest BCUT2D eigenvalue weighted by Crippen LogP contribution is 2.27. The van der Waals surface area contributed by atoms with Crippen molar-refractivity contribution >= 4 is 56.4 Å². The molecule has 13 heteroatoms. The zero-order chi connectivity index (χ0) is 31.9. The highest BCUT2D eigenvalue weighted by Gasteiger charge is 2.34. The molecule has 2 amide bonds. The lowest BCUT2D eigenvalue weighted by Gasteiger charge is -2.35. The van der Waals surface area contributed by atoms with Gasteiger partial charge in [0.25, 0.3) is 5.69 Å². The zero-order valence-corrected chi connectivity index (χ0v) is 26.5. The van der Waals surface area contributed by atoms with Crippen molar-refractivity contribution in [3.05, 3.63) is 104 Å². The Kier molecular flexibility index (Phi) is 11.2. The summed E-state index contributed by atoms with van der Waals surface area (Å²) in [6, 6.07) is 18.0. The maximum Gasteiger partial charge on any atom is 0.271 e. The fourth-order valence-corrected chi connectivity index (χ4v) is 6.62. The SMILES string of the molecule is CS(=O)(=O)N(CC(=O)N(Cc1ccc(Cl)cc1Cl)[C@H](Cc1ccccc1)C(=O)NC1CCCCC1)c1cccc([N+](=O)[O-])c1. The van der Waals surface area contributed by atoms with Gasteiger partial charge in [-0.3, -0.25) is 24.0 Å². The largest absolute Gasteiger partial charge is 0.352 e. The van der Waals surface area contributed by atoms with Crippen molar-refractivity contribution in [2.24, 2.45) is 0 Å². The summed E-state index contributed by atoms with van der Waals surface area (Å²) in [5.41, 5.74) is 0.928. The Labute approximate surface area is 267 Å². The van der Waals surface area contributed by atoms with E-state index in [9.17, 15) is 28.1 Å². The van der Waals surface area contributed by atoms with Crippen molar-refractivity contribution in [3.8, 4) is 0 Å². The molecule has 0 heterocycles. The van der Waals surface area contributed by atoms with Gasteiger partial charge in [0.1, 0.15) is 12.6 Å². The van der Waals surface area contributed by atoms with E-state index in [0.29, 0.717) is 10.6 Å². The molecule has 4 rings (SSSR count). The lowest BCUT2D eigenvalue weighted by Crippen LogP contribution is -2.55. The third-order valence-electron chi connectivity index (χ3n) is 7.59. The van der Waals surface area contributed by atoms with Crippen LogP contribution < -0.4 is 9.62 Å². The van der Waals surface area contributed by atoms with Gasteiger partial charge in [-0.25, -0.2) is 8.42 Å². The second kappa shape index (κ2) is 14.9. The summed E-state index contributed by atoms with van der Waals surface area (Å²) in [6.07, 6.45) is 5.81. The lowest BCUT2D eigenvalue weighted by atomic mass is 9.94. The number of nitro groups is 1. The highest BCUT2D eigenvalue weighted by atomic mass is 35.5. The molecule has 0 aromatic heterocycles. The Morgan fingerprint density at radius 1 is 1.00 bits per heavy atom. The number of nitrogens with zero attached hydrogens (tertiary/aromatic N) is 3. The summed E-state index contributed by atoms with van der Waals surface area (Å²) in [5.74, 6) is -1.05. The van der Waals surface area contributed by atoms with Crippen LogP contribution in [0.5, 0.6) is 0 Å². The summed E-state index contributed by atoms with van der Waals surface area (Å²) < 4.78 is 26.7. The van der Waals surface area contributed by atoms with Crippen molar-refractivity contribution in [3.63, 3.8) is 0 Å². The predicted molar refractivity (Wildman–Crippen MR) is 171 cm³/mol. The number of rotatable bonds is 12. The molecule has 0 saturated heterocycles. The van der Waals surface area contributed by atoms with Gasteiger partial charge in [-0.2, -0.15) is 0 Å². The number of sulfonamides is 1. The molecular weight excluding hydrogens is 627 g/mol. The molecule has 0 unspecified atom stereocenters. The van der Waals surface area contributed by atoms with Crippen molar-refractivity contribution in [2.75, 3.05) is 17.1 Å². The number of anilines is 1. The zero-order valence-electron chi connectivity index (χ0n) is 24.2. The minimum Gasteiger partial charge on any atom is -0.352 e. The van der Waals surface area contributed by atoms with Crippen molar-refractivity contribution in [2.45, 2.75) is 57.2 Å². The van der Waals surface area contributed by atoms with Gasteiger partial charge in [-0.15, -0.1) is 0 Å². The van der Waals surface area contributed by atoms with E-state index >= 15 is 0 Å². The molecule has 1 atom stereocenters. The van der Waals surface area contributed by atoms with Crippen LogP contribution in [0.2, 0.25) is 10.0 Å². The molecule has 3 aromatic rings. The standard InChI is InChI=1S/C31H34Cl2N4O6S/c1-44(42,43)36(26-13-8-14-27(19-26)37(40)41)21-30(38)35(20-23-15-16-24(32)18-28(23)33)29(17-22-9-4-2-5-10-22)31(39)34-25-11-6-3-7-12-25/h2,4-5,8-10,13-16,18-19,25,29H,3,6-7,11-12,17,20-21H2,1H3,(H,34,39)/t29-/m1/s1. The first-order valence-corrected chi connectivity index (χ1v) is 16.8. The molecule has 0 bridgehead atoms. The molecular formula is C31H34Cl2N4O6S. The second-order valence-corrected chi connectivity index (χ2v) is 13.6. The molecule has 10 nitrogen and oxygen atoms in total. The van der Waals surface area contributed by atoms with Crippen LogP contribution in [0.3, 0.4) is 0 Å². The Balaban J connectivity index is 1.76. The van der Waals surface area contributed by atoms with Gasteiger partial charge < -0.3 is 10.2 Å². The van der Waals surface area contributed by atoms with Crippen molar-refractivity contribution in [1.29, 1.82) is 0 Å². The van der Waals surface area contributed by atoms with Crippen LogP contribution in [0, 0.1) is 10.1 Å². The highest BCUT2D eigenvalue weighted by molar-refractivity contribution is 7.92. The molecule has 1 N–H and O–H groups in total. The lowest BCUT2D eigenvalue weighted by molar-refractivity contribution is -0.384. The van der Waals surface area contributed by atoms with Crippen LogP contribution in [-0.2, 0) is 32.6 Å². The molecule has 0 radical (unpaired) electrons. The minimum absolute atomic E-state index is 0.0389. The first-order valence-electron chi connectivity index (χ1n) is 14.2. The number of nitro benzene ring substituents is 1. The number of nitrogens with one attached hydrogen (secondary N) is 1. The van der Waals surface area contributed by atoms with Crippen LogP contribution >= 0.6 is 23.2 Å². The van der Waals surface area contributed by atoms with Gasteiger partial charge in [0, 0.05) is 41.2 Å². The van der Waals surface area contributed by atoms with Gasteiger partial charge >= 0.3 is 0 Å². The first kappa shape index (κ1) is 33.2. The molecule has 44 heavy (non-hydrogen) atoms. The molecule has 3 aromatic carbocycles. The summed E-state index contributed by atoms with van der Waals surface area (Å²) in [7, 11) is -4.08. The fraction of sp³-hybridized carbons (Fsp3) is 0.355. The third kappa shape index (κ3) is 8.93. The molecule has 1 saturated carbocycles. The summed E-state index contributed by atoms with van der Waals surface area (Å²) in [5, 5.41) is 15.2. The van der Waals surface area contributed by atoms with Gasteiger partial charge in [0.05, 0.1) is 16.9 Å². The number of hydrogen-bond donors (Lipinski definition) is 1.